The molecule has 1 amide bonds. The minimum atomic E-state index is -0.173. The SMILES string of the molecule is CCC1=NN(c2nc(C)cc(C)n2)C(=O)C1CCCN. The summed E-state index contributed by atoms with van der Waals surface area (Å²) in [6.07, 6.45) is 2.31. The molecule has 0 fully saturated rings. The monoisotopic (exact) mass is 275 g/mol. The van der Waals surface area contributed by atoms with Gasteiger partial charge in [-0.1, -0.05) is 6.92 Å². The number of hydrazone groups is 1. The van der Waals surface area contributed by atoms with Gasteiger partial charge in [0.2, 0.25) is 0 Å². The van der Waals surface area contributed by atoms with Crippen LogP contribution in [0.3, 0.4) is 0 Å². The van der Waals surface area contributed by atoms with E-state index in [0.29, 0.717) is 12.5 Å². The topological polar surface area (TPSA) is 84.5 Å². The van der Waals surface area contributed by atoms with Gasteiger partial charge in [-0.3, -0.25) is 4.79 Å². The summed E-state index contributed by atoms with van der Waals surface area (Å²) < 4.78 is 0. The number of carbonyl (C=O) groups is 1. The van der Waals surface area contributed by atoms with Gasteiger partial charge in [0.05, 0.1) is 11.6 Å². The van der Waals surface area contributed by atoms with Crippen molar-refractivity contribution in [3.63, 3.8) is 0 Å². The number of carbonyl (C=O) groups excluding carboxylic acids is 1. The highest BCUT2D eigenvalue weighted by Crippen LogP contribution is 2.25. The third-order valence-corrected chi connectivity index (χ3v) is 3.36. The number of aryl methyl sites for hydroxylation is 2. The minimum Gasteiger partial charge on any atom is -0.330 e. The predicted molar refractivity (Wildman–Crippen MR) is 78.5 cm³/mol. The summed E-state index contributed by atoms with van der Waals surface area (Å²) in [5.74, 6) is 0.155. The van der Waals surface area contributed by atoms with Crippen LogP contribution >= 0.6 is 0 Å². The number of hydrogen-bond acceptors (Lipinski definition) is 5. The second-order valence-electron chi connectivity index (χ2n) is 5.03. The first-order valence-electron chi connectivity index (χ1n) is 7.00. The van der Waals surface area contributed by atoms with Crippen molar-refractivity contribution in [2.45, 2.75) is 40.0 Å². The number of nitrogens with two attached hydrogens (primary N) is 1. The maximum absolute atomic E-state index is 12.5. The highest BCUT2D eigenvalue weighted by atomic mass is 16.2. The van der Waals surface area contributed by atoms with E-state index >= 15 is 0 Å². The number of aromatic nitrogens is 2. The lowest BCUT2D eigenvalue weighted by atomic mass is 9.96. The standard InChI is InChI=1S/C14H21N5O/c1-4-12-11(6-5-7-15)13(20)19(18-12)14-16-9(2)8-10(3)17-14/h8,11H,4-7,15H2,1-3H3. The quantitative estimate of drug-likeness (QED) is 0.883. The molecule has 1 unspecified atom stereocenters. The summed E-state index contributed by atoms with van der Waals surface area (Å²) in [7, 11) is 0. The molecule has 1 aromatic rings. The Morgan fingerprint density at radius 2 is 1.95 bits per heavy atom. The molecule has 2 heterocycles. The Kier molecular flexibility index (Phi) is 4.44. The van der Waals surface area contributed by atoms with Crippen LogP contribution in [0, 0.1) is 19.8 Å². The maximum atomic E-state index is 12.5. The van der Waals surface area contributed by atoms with Gasteiger partial charge in [0.15, 0.2) is 0 Å². The Morgan fingerprint density at radius 1 is 1.30 bits per heavy atom. The van der Waals surface area contributed by atoms with Crippen LogP contribution in [0.25, 0.3) is 0 Å². The van der Waals surface area contributed by atoms with Crippen LogP contribution in [0.4, 0.5) is 5.95 Å². The smallest absolute Gasteiger partial charge is 0.258 e. The lowest BCUT2D eigenvalue weighted by Gasteiger charge is -2.13. The summed E-state index contributed by atoms with van der Waals surface area (Å²) in [5.41, 5.74) is 8.09. The molecule has 0 spiro atoms. The summed E-state index contributed by atoms with van der Waals surface area (Å²) in [6, 6.07) is 1.88. The molecule has 0 saturated carbocycles. The Labute approximate surface area is 119 Å². The third-order valence-electron chi connectivity index (χ3n) is 3.36. The van der Waals surface area contributed by atoms with Gasteiger partial charge in [0.25, 0.3) is 11.9 Å². The van der Waals surface area contributed by atoms with Crippen LogP contribution in [0.2, 0.25) is 0 Å². The van der Waals surface area contributed by atoms with E-state index in [9.17, 15) is 4.79 Å². The van der Waals surface area contributed by atoms with E-state index in [1.54, 1.807) is 0 Å². The van der Waals surface area contributed by atoms with Crippen molar-refractivity contribution in [2.24, 2.45) is 16.8 Å². The molecule has 0 bridgehead atoms. The molecular formula is C14H21N5O. The van der Waals surface area contributed by atoms with Gasteiger partial charge in [-0.05, 0) is 45.7 Å². The van der Waals surface area contributed by atoms with Crippen LogP contribution in [0.15, 0.2) is 11.2 Å². The first kappa shape index (κ1) is 14.6. The fraction of sp³-hybridized carbons (Fsp3) is 0.571. The zero-order chi connectivity index (χ0) is 14.7. The Morgan fingerprint density at radius 3 is 2.50 bits per heavy atom. The zero-order valence-electron chi connectivity index (χ0n) is 12.3. The van der Waals surface area contributed by atoms with E-state index in [-0.39, 0.29) is 11.8 Å². The van der Waals surface area contributed by atoms with Gasteiger partial charge >= 0.3 is 0 Å². The largest absolute Gasteiger partial charge is 0.330 e. The van der Waals surface area contributed by atoms with Crippen molar-refractivity contribution in [3.8, 4) is 0 Å². The lowest BCUT2D eigenvalue weighted by Crippen LogP contribution is -2.29. The van der Waals surface area contributed by atoms with Crippen molar-refractivity contribution in [1.82, 2.24) is 9.97 Å². The molecule has 0 radical (unpaired) electrons. The Bertz CT molecular complexity index is 520. The number of amides is 1. The van der Waals surface area contributed by atoms with E-state index in [0.717, 1.165) is 36.4 Å². The Balaban J connectivity index is 2.29. The maximum Gasteiger partial charge on any atom is 0.258 e. The molecule has 6 heteroatoms. The van der Waals surface area contributed by atoms with Crippen LogP contribution in [0.5, 0.6) is 0 Å². The van der Waals surface area contributed by atoms with E-state index in [1.165, 1.54) is 5.01 Å². The number of anilines is 1. The minimum absolute atomic E-state index is 0.0414. The predicted octanol–water partition coefficient (Wildman–Crippen LogP) is 1.56. The number of rotatable bonds is 5. The average molecular weight is 275 g/mol. The third kappa shape index (κ3) is 2.85. The molecule has 1 aliphatic rings. The van der Waals surface area contributed by atoms with Crippen molar-refractivity contribution in [3.05, 3.63) is 17.5 Å². The summed E-state index contributed by atoms with van der Waals surface area (Å²) >= 11 is 0. The summed E-state index contributed by atoms with van der Waals surface area (Å²) in [6.45, 7) is 6.36. The molecule has 6 nitrogen and oxygen atoms in total. The molecule has 0 saturated heterocycles. The van der Waals surface area contributed by atoms with E-state index in [2.05, 4.69) is 15.1 Å². The van der Waals surface area contributed by atoms with Gasteiger partial charge in [0, 0.05) is 11.4 Å². The first-order chi connectivity index (χ1) is 9.56. The molecule has 0 aromatic carbocycles. The molecular weight excluding hydrogens is 254 g/mol. The van der Waals surface area contributed by atoms with Crippen molar-refractivity contribution in [1.29, 1.82) is 0 Å². The number of nitrogens with zero attached hydrogens (tertiary/aromatic N) is 4. The molecule has 1 atom stereocenters. The lowest BCUT2D eigenvalue weighted by molar-refractivity contribution is -0.120. The molecule has 2 N–H and O–H groups in total. The normalized spacial score (nSPS) is 18.6. The second-order valence-corrected chi connectivity index (χ2v) is 5.03. The molecule has 20 heavy (non-hydrogen) atoms. The van der Waals surface area contributed by atoms with E-state index in [4.69, 9.17) is 5.73 Å². The molecule has 2 rings (SSSR count). The Hall–Kier alpha value is -1.82. The van der Waals surface area contributed by atoms with Gasteiger partial charge in [-0.25, -0.2) is 9.97 Å². The van der Waals surface area contributed by atoms with Crippen molar-refractivity contribution >= 4 is 17.6 Å². The van der Waals surface area contributed by atoms with Crippen LogP contribution in [-0.4, -0.2) is 28.1 Å². The second kappa shape index (κ2) is 6.09. The van der Waals surface area contributed by atoms with E-state index in [1.807, 2.05) is 26.8 Å². The fourth-order valence-electron chi connectivity index (χ4n) is 2.41. The van der Waals surface area contributed by atoms with Crippen LogP contribution in [-0.2, 0) is 4.79 Å². The highest BCUT2D eigenvalue weighted by Gasteiger charge is 2.36. The van der Waals surface area contributed by atoms with Crippen LogP contribution < -0.4 is 10.7 Å². The highest BCUT2D eigenvalue weighted by molar-refractivity contribution is 6.14. The molecule has 1 aromatic heterocycles. The van der Waals surface area contributed by atoms with Gasteiger partial charge < -0.3 is 5.73 Å². The summed E-state index contributed by atoms with van der Waals surface area (Å²) in [5, 5.41) is 5.76. The number of hydrogen-bond donors (Lipinski definition) is 1. The average Bonchev–Trinajstić information content (AvgIpc) is 2.72. The van der Waals surface area contributed by atoms with E-state index < -0.39 is 0 Å². The molecule has 0 aliphatic carbocycles. The van der Waals surface area contributed by atoms with Crippen LogP contribution in [0.1, 0.15) is 37.6 Å². The van der Waals surface area contributed by atoms with Gasteiger partial charge in [-0.15, -0.1) is 0 Å². The van der Waals surface area contributed by atoms with Crippen molar-refractivity contribution < 1.29 is 4.79 Å². The first-order valence-corrected chi connectivity index (χ1v) is 7.00. The molecule has 108 valence electrons. The summed E-state index contributed by atoms with van der Waals surface area (Å²) in [4.78, 5) is 21.1. The van der Waals surface area contributed by atoms with Crippen molar-refractivity contribution in [2.75, 3.05) is 11.6 Å². The van der Waals surface area contributed by atoms with Gasteiger partial charge in [-0.2, -0.15) is 10.1 Å². The van der Waals surface area contributed by atoms with Gasteiger partial charge in [0.1, 0.15) is 0 Å². The zero-order valence-corrected chi connectivity index (χ0v) is 12.3. The fourth-order valence-corrected chi connectivity index (χ4v) is 2.41. The molecule has 1 aliphatic heterocycles.